The summed E-state index contributed by atoms with van der Waals surface area (Å²) in [6.45, 7) is 9.66. The first-order valence-electron chi connectivity index (χ1n) is 6.35. The van der Waals surface area contributed by atoms with Crippen LogP contribution in [0.25, 0.3) is 0 Å². The molecule has 1 aliphatic rings. The molecule has 2 rings (SSSR count). The van der Waals surface area contributed by atoms with E-state index in [4.69, 9.17) is 0 Å². The number of nitrogens with one attached hydrogen (secondary N) is 1. The number of anilines is 1. The largest absolute Gasteiger partial charge is 0.338 e. The Hall–Kier alpha value is -1.20. The average Bonchev–Trinajstić information content (AvgIpc) is 2.41. The molecule has 5 heteroatoms. The van der Waals surface area contributed by atoms with Crippen molar-refractivity contribution in [1.82, 2.24) is 20.2 Å². The highest BCUT2D eigenvalue weighted by atomic mass is 15.3. The van der Waals surface area contributed by atoms with Crippen LogP contribution in [0.5, 0.6) is 0 Å². The van der Waals surface area contributed by atoms with Crippen LogP contribution in [0.2, 0.25) is 0 Å². The third-order valence-electron chi connectivity index (χ3n) is 3.06. The van der Waals surface area contributed by atoms with Crippen molar-refractivity contribution in [2.45, 2.75) is 6.92 Å². The minimum atomic E-state index is 0.860. The molecule has 0 aromatic carbocycles. The third-order valence-corrected chi connectivity index (χ3v) is 3.06. The molecule has 0 bridgehead atoms. The molecule has 0 spiro atoms. The van der Waals surface area contributed by atoms with E-state index >= 15 is 0 Å². The maximum absolute atomic E-state index is 4.29. The van der Waals surface area contributed by atoms with Gasteiger partial charge in [0, 0.05) is 51.7 Å². The Morgan fingerprint density at radius 2 is 1.88 bits per heavy atom. The first-order valence-corrected chi connectivity index (χ1v) is 6.35. The number of hydrogen-bond donors (Lipinski definition) is 1. The molecule has 1 aromatic heterocycles. The van der Waals surface area contributed by atoms with E-state index in [1.165, 1.54) is 0 Å². The summed E-state index contributed by atoms with van der Waals surface area (Å²) in [6.07, 6.45) is 3.61. The van der Waals surface area contributed by atoms with Crippen LogP contribution < -0.4 is 10.2 Å². The maximum atomic E-state index is 4.29. The lowest BCUT2D eigenvalue weighted by molar-refractivity contribution is 0.257. The van der Waals surface area contributed by atoms with Gasteiger partial charge in [-0.3, -0.25) is 4.90 Å². The zero-order valence-electron chi connectivity index (χ0n) is 10.5. The Morgan fingerprint density at radius 1 is 1.18 bits per heavy atom. The van der Waals surface area contributed by atoms with Gasteiger partial charge in [-0.2, -0.15) is 0 Å². The summed E-state index contributed by atoms with van der Waals surface area (Å²) in [5, 5.41) is 3.36. The molecule has 0 atom stereocenters. The van der Waals surface area contributed by atoms with Crippen LogP contribution in [-0.4, -0.2) is 60.7 Å². The van der Waals surface area contributed by atoms with E-state index in [1.54, 1.807) is 12.4 Å². The van der Waals surface area contributed by atoms with Gasteiger partial charge in [0.1, 0.15) is 0 Å². The van der Waals surface area contributed by atoms with Gasteiger partial charge in [0.05, 0.1) is 0 Å². The molecule has 1 aliphatic heterocycles. The zero-order valence-corrected chi connectivity index (χ0v) is 10.5. The van der Waals surface area contributed by atoms with Crippen molar-refractivity contribution in [3.63, 3.8) is 0 Å². The predicted octanol–water partition coefficient (Wildman–Crippen LogP) is 0.208. The van der Waals surface area contributed by atoms with E-state index < -0.39 is 0 Å². The minimum absolute atomic E-state index is 0.860. The molecule has 0 amide bonds. The van der Waals surface area contributed by atoms with Crippen LogP contribution in [0.15, 0.2) is 18.5 Å². The smallest absolute Gasteiger partial charge is 0.225 e. The van der Waals surface area contributed by atoms with Gasteiger partial charge in [-0.1, -0.05) is 6.92 Å². The third kappa shape index (κ3) is 3.64. The maximum Gasteiger partial charge on any atom is 0.225 e. The Balaban J connectivity index is 1.74. The van der Waals surface area contributed by atoms with E-state index in [1.807, 2.05) is 6.07 Å². The van der Waals surface area contributed by atoms with Gasteiger partial charge >= 0.3 is 0 Å². The van der Waals surface area contributed by atoms with Crippen LogP contribution in [0.4, 0.5) is 5.95 Å². The quantitative estimate of drug-likeness (QED) is 0.739. The van der Waals surface area contributed by atoms with E-state index in [0.29, 0.717) is 0 Å². The van der Waals surface area contributed by atoms with Crippen molar-refractivity contribution in [1.29, 1.82) is 0 Å². The molecule has 0 radical (unpaired) electrons. The summed E-state index contributed by atoms with van der Waals surface area (Å²) < 4.78 is 0. The number of nitrogens with zero attached hydrogens (tertiary/aromatic N) is 4. The van der Waals surface area contributed by atoms with Gasteiger partial charge in [-0.05, 0) is 12.6 Å². The lowest BCUT2D eigenvalue weighted by atomic mass is 10.3. The zero-order chi connectivity index (χ0) is 11.9. The van der Waals surface area contributed by atoms with E-state index in [2.05, 4.69) is 32.0 Å². The topological polar surface area (TPSA) is 44.3 Å². The second-order valence-corrected chi connectivity index (χ2v) is 4.23. The molecule has 0 unspecified atom stereocenters. The van der Waals surface area contributed by atoms with E-state index in [9.17, 15) is 0 Å². The lowest BCUT2D eigenvalue weighted by Crippen LogP contribution is -2.48. The number of piperazine rings is 1. The molecule has 94 valence electrons. The number of aromatic nitrogens is 2. The van der Waals surface area contributed by atoms with Gasteiger partial charge in [0.25, 0.3) is 0 Å². The second kappa shape index (κ2) is 6.51. The van der Waals surface area contributed by atoms with Crippen molar-refractivity contribution in [2.24, 2.45) is 0 Å². The summed E-state index contributed by atoms with van der Waals surface area (Å²) in [7, 11) is 0. The van der Waals surface area contributed by atoms with Crippen molar-refractivity contribution in [2.75, 3.05) is 50.7 Å². The SMILES string of the molecule is CCNCCN1CCN(c2ncccn2)CC1. The predicted molar refractivity (Wildman–Crippen MR) is 69.2 cm³/mol. The lowest BCUT2D eigenvalue weighted by Gasteiger charge is -2.34. The molecule has 17 heavy (non-hydrogen) atoms. The summed E-state index contributed by atoms with van der Waals surface area (Å²) in [4.78, 5) is 13.3. The molecule has 1 fully saturated rings. The molecule has 0 aliphatic carbocycles. The Morgan fingerprint density at radius 3 is 2.53 bits per heavy atom. The fourth-order valence-corrected chi connectivity index (χ4v) is 2.04. The molecule has 1 N–H and O–H groups in total. The first-order chi connectivity index (χ1) is 8.40. The van der Waals surface area contributed by atoms with Crippen LogP contribution in [0.3, 0.4) is 0 Å². The molecule has 5 nitrogen and oxygen atoms in total. The number of rotatable bonds is 5. The second-order valence-electron chi connectivity index (χ2n) is 4.23. The highest BCUT2D eigenvalue weighted by Crippen LogP contribution is 2.08. The van der Waals surface area contributed by atoms with Gasteiger partial charge in [-0.25, -0.2) is 9.97 Å². The highest BCUT2D eigenvalue weighted by molar-refractivity contribution is 5.29. The van der Waals surface area contributed by atoms with E-state index in [0.717, 1.165) is 51.8 Å². The van der Waals surface area contributed by atoms with Gasteiger partial charge < -0.3 is 10.2 Å². The van der Waals surface area contributed by atoms with Crippen molar-refractivity contribution >= 4 is 5.95 Å². The molecule has 1 saturated heterocycles. The van der Waals surface area contributed by atoms with Crippen LogP contribution in [0, 0.1) is 0 Å². The Labute approximate surface area is 103 Å². The Bertz CT molecular complexity index is 308. The van der Waals surface area contributed by atoms with Crippen molar-refractivity contribution < 1.29 is 0 Å². The summed E-state index contributed by atoms with van der Waals surface area (Å²) in [5.74, 6) is 0.860. The van der Waals surface area contributed by atoms with Gasteiger partial charge in [0.15, 0.2) is 0 Å². The minimum Gasteiger partial charge on any atom is -0.338 e. The van der Waals surface area contributed by atoms with Crippen molar-refractivity contribution in [3.05, 3.63) is 18.5 Å². The molecule has 0 saturated carbocycles. The molecule has 2 heterocycles. The highest BCUT2D eigenvalue weighted by Gasteiger charge is 2.17. The van der Waals surface area contributed by atoms with E-state index in [-0.39, 0.29) is 0 Å². The summed E-state index contributed by atoms with van der Waals surface area (Å²) in [6, 6.07) is 1.86. The number of hydrogen-bond acceptors (Lipinski definition) is 5. The average molecular weight is 235 g/mol. The molecular formula is C12H21N5. The van der Waals surface area contributed by atoms with Crippen LogP contribution in [-0.2, 0) is 0 Å². The van der Waals surface area contributed by atoms with Gasteiger partial charge in [-0.15, -0.1) is 0 Å². The van der Waals surface area contributed by atoms with Crippen molar-refractivity contribution in [3.8, 4) is 0 Å². The van der Waals surface area contributed by atoms with Gasteiger partial charge in [0.2, 0.25) is 5.95 Å². The normalized spacial score (nSPS) is 17.4. The standard InChI is InChI=1S/C12H21N5/c1-2-13-6-7-16-8-10-17(11-9-16)12-14-4-3-5-15-12/h3-5,13H,2,6-11H2,1H3. The summed E-state index contributed by atoms with van der Waals surface area (Å²) in [5.41, 5.74) is 0. The fraction of sp³-hybridized carbons (Fsp3) is 0.667. The number of likely N-dealkylation sites (N-methyl/N-ethyl adjacent to an activating group) is 1. The van der Waals surface area contributed by atoms with Crippen LogP contribution in [0.1, 0.15) is 6.92 Å². The Kier molecular flexibility index (Phi) is 4.70. The van der Waals surface area contributed by atoms with Crippen LogP contribution >= 0.6 is 0 Å². The molecule has 1 aromatic rings. The molecular weight excluding hydrogens is 214 g/mol. The summed E-state index contributed by atoms with van der Waals surface area (Å²) >= 11 is 0. The fourth-order valence-electron chi connectivity index (χ4n) is 2.04. The first kappa shape index (κ1) is 12.3. The monoisotopic (exact) mass is 235 g/mol.